The summed E-state index contributed by atoms with van der Waals surface area (Å²) in [5, 5.41) is 0. The first-order valence-corrected chi connectivity index (χ1v) is 9.59. The molecule has 144 valence electrons. The van der Waals surface area contributed by atoms with Crippen molar-refractivity contribution in [1.82, 2.24) is 9.88 Å². The first-order valence-electron chi connectivity index (χ1n) is 9.59. The molecule has 4 heteroatoms. The highest BCUT2D eigenvalue weighted by molar-refractivity contribution is 5.79. The second-order valence-corrected chi connectivity index (χ2v) is 7.23. The average molecular weight is 374 g/mol. The Morgan fingerprint density at radius 2 is 1.75 bits per heavy atom. The minimum Gasteiger partial charge on any atom is -0.332 e. The number of pyridine rings is 1. The number of nitrogens with zero attached hydrogens (tertiary/aromatic N) is 2. The van der Waals surface area contributed by atoms with Gasteiger partial charge in [-0.1, -0.05) is 73.2 Å². The lowest BCUT2D eigenvalue weighted by Gasteiger charge is -2.29. The van der Waals surface area contributed by atoms with Gasteiger partial charge in [0.15, 0.2) is 0 Å². The third-order valence-electron chi connectivity index (χ3n) is 4.96. The molecule has 1 aromatic heterocycles. The van der Waals surface area contributed by atoms with Crippen molar-refractivity contribution >= 4 is 5.91 Å². The summed E-state index contributed by atoms with van der Waals surface area (Å²) in [5.74, 6) is -0.306. The maximum absolute atomic E-state index is 13.4. The van der Waals surface area contributed by atoms with E-state index in [4.69, 9.17) is 5.73 Å². The summed E-state index contributed by atoms with van der Waals surface area (Å²) in [6.45, 7) is 4.95. The van der Waals surface area contributed by atoms with Gasteiger partial charge in [0.1, 0.15) is 0 Å². The summed E-state index contributed by atoms with van der Waals surface area (Å²) < 4.78 is 0. The zero-order valence-corrected chi connectivity index (χ0v) is 16.5. The molecule has 2 N–H and O–H groups in total. The van der Waals surface area contributed by atoms with E-state index in [9.17, 15) is 4.79 Å². The van der Waals surface area contributed by atoms with E-state index in [0.29, 0.717) is 13.1 Å². The number of aromatic nitrogens is 1. The molecule has 4 nitrogen and oxygen atoms in total. The van der Waals surface area contributed by atoms with Gasteiger partial charge in [-0.15, -0.1) is 0 Å². The number of rotatable bonds is 7. The quantitative estimate of drug-likeness (QED) is 0.673. The van der Waals surface area contributed by atoms with Crippen LogP contribution in [0.5, 0.6) is 0 Å². The van der Waals surface area contributed by atoms with Gasteiger partial charge in [-0.25, -0.2) is 0 Å². The Bertz CT molecular complexity index is 896. The molecule has 0 radical (unpaired) electrons. The van der Waals surface area contributed by atoms with Gasteiger partial charge in [0.25, 0.3) is 0 Å². The van der Waals surface area contributed by atoms with Crippen molar-refractivity contribution < 1.29 is 4.79 Å². The SMILES string of the molecule is Cc1cccc(CN(Cc2ccccn2)C(=O)C(C)C(N)c2ccccc2)c1. The lowest BCUT2D eigenvalue weighted by Crippen LogP contribution is -2.38. The summed E-state index contributed by atoms with van der Waals surface area (Å²) in [4.78, 5) is 19.6. The summed E-state index contributed by atoms with van der Waals surface area (Å²) >= 11 is 0. The number of amides is 1. The normalized spacial score (nSPS) is 13.0. The number of hydrogen-bond donors (Lipinski definition) is 1. The Labute approximate surface area is 167 Å². The van der Waals surface area contributed by atoms with Crippen molar-refractivity contribution in [3.8, 4) is 0 Å². The topological polar surface area (TPSA) is 59.2 Å². The molecule has 0 aliphatic heterocycles. The lowest BCUT2D eigenvalue weighted by atomic mass is 9.94. The Balaban J connectivity index is 1.83. The van der Waals surface area contributed by atoms with Gasteiger partial charge in [-0.05, 0) is 30.2 Å². The standard InChI is InChI=1S/C24H27N3O/c1-18-9-8-10-20(15-18)16-27(17-22-13-6-7-14-26-22)24(28)19(2)23(25)21-11-4-3-5-12-21/h3-15,19,23H,16-17,25H2,1-2H3. The number of benzene rings is 2. The zero-order chi connectivity index (χ0) is 19.9. The highest BCUT2D eigenvalue weighted by Crippen LogP contribution is 2.23. The van der Waals surface area contributed by atoms with Crippen LogP contribution in [0.25, 0.3) is 0 Å². The molecule has 0 saturated carbocycles. The minimum atomic E-state index is -0.350. The van der Waals surface area contributed by atoms with Crippen LogP contribution in [-0.2, 0) is 17.9 Å². The predicted molar refractivity (Wildman–Crippen MR) is 112 cm³/mol. The molecule has 28 heavy (non-hydrogen) atoms. The fourth-order valence-electron chi connectivity index (χ4n) is 3.34. The summed E-state index contributed by atoms with van der Waals surface area (Å²) in [6.07, 6.45) is 1.75. The fraction of sp³-hybridized carbons (Fsp3) is 0.250. The third kappa shape index (κ3) is 5.05. The van der Waals surface area contributed by atoms with Crippen LogP contribution < -0.4 is 5.73 Å². The van der Waals surface area contributed by atoms with Crippen molar-refractivity contribution in [3.05, 3.63) is 101 Å². The number of carbonyl (C=O) groups excluding carboxylic acids is 1. The Morgan fingerprint density at radius 1 is 1.00 bits per heavy atom. The maximum Gasteiger partial charge on any atom is 0.227 e. The number of aryl methyl sites for hydroxylation is 1. The van der Waals surface area contributed by atoms with E-state index in [2.05, 4.69) is 24.0 Å². The van der Waals surface area contributed by atoms with Crippen LogP contribution in [0.15, 0.2) is 79.0 Å². The molecule has 3 rings (SSSR count). The van der Waals surface area contributed by atoms with Gasteiger partial charge in [-0.3, -0.25) is 9.78 Å². The Hall–Kier alpha value is -2.98. The highest BCUT2D eigenvalue weighted by Gasteiger charge is 2.27. The molecule has 0 fully saturated rings. The maximum atomic E-state index is 13.4. The molecule has 0 bridgehead atoms. The van der Waals surface area contributed by atoms with E-state index in [1.807, 2.05) is 72.5 Å². The van der Waals surface area contributed by atoms with Gasteiger partial charge in [0.2, 0.25) is 5.91 Å². The first-order chi connectivity index (χ1) is 13.5. The Kier molecular flexibility index (Phi) is 6.56. The van der Waals surface area contributed by atoms with Crippen LogP contribution in [0, 0.1) is 12.8 Å². The summed E-state index contributed by atoms with van der Waals surface area (Å²) in [6, 6.07) is 23.4. The van der Waals surface area contributed by atoms with Crippen LogP contribution in [0.3, 0.4) is 0 Å². The number of carbonyl (C=O) groups is 1. The van der Waals surface area contributed by atoms with Gasteiger partial charge < -0.3 is 10.6 Å². The van der Waals surface area contributed by atoms with Crippen molar-refractivity contribution in [2.24, 2.45) is 11.7 Å². The molecule has 0 aliphatic carbocycles. The van der Waals surface area contributed by atoms with E-state index >= 15 is 0 Å². The predicted octanol–water partition coefficient (Wildman–Crippen LogP) is 4.25. The number of nitrogens with two attached hydrogens (primary N) is 1. The molecular weight excluding hydrogens is 346 g/mol. The van der Waals surface area contributed by atoms with E-state index in [-0.39, 0.29) is 17.9 Å². The van der Waals surface area contributed by atoms with Gasteiger partial charge >= 0.3 is 0 Å². The molecule has 2 unspecified atom stereocenters. The highest BCUT2D eigenvalue weighted by atomic mass is 16.2. The van der Waals surface area contributed by atoms with E-state index in [1.165, 1.54) is 5.56 Å². The first kappa shape index (κ1) is 19.8. The van der Waals surface area contributed by atoms with Gasteiger partial charge in [0.05, 0.1) is 18.2 Å². The van der Waals surface area contributed by atoms with Crippen molar-refractivity contribution in [2.75, 3.05) is 0 Å². The second-order valence-electron chi connectivity index (χ2n) is 7.23. The molecule has 2 aromatic carbocycles. The van der Waals surface area contributed by atoms with Crippen LogP contribution in [0.2, 0.25) is 0 Å². The molecular formula is C24H27N3O. The third-order valence-corrected chi connectivity index (χ3v) is 4.96. The van der Waals surface area contributed by atoms with Gasteiger partial charge in [0, 0.05) is 18.8 Å². The summed E-state index contributed by atoms with van der Waals surface area (Å²) in [7, 11) is 0. The molecule has 3 aromatic rings. The van der Waals surface area contributed by atoms with E-state index < -0.39 is 0 Å². The molecule has 0 spiro atoms. The van der Waals surface area contributed by atoms with E-state index in [1.54, 1.807) is 6.20 Å². The van der Waals surface area contributed by atoms with Crippen molar-refractivity contribution in [1.29, 1.82) is 0 Å². The largest absolute Gasteiger partial charge is 0.332 e. The Morgan fingerprint density at radius 3 is 2.43 bits per heavy atom. The summed E-state index contributed by atoms with van der Waals surface area (Å²) in [5.41, 5.74) is 10.5. The van der Waals surface area contributed by atoms with Crippen LogP contribution >= 0.6 is 0 Å². The monoisotopic (exact) mass is 373 g/mol. The second kappa shape index (κ2) is 9.29. The molecule has 0 aliphatic rings. The number of hydrogen-bond acceptors (Lipinski definition) is 3. The smallest absolute Gasteiger partial charge is 0.227 e. The van der Waals surface area contributed by atoms with Crippen LogP contribution in [0.4, 0.5) is 0 Å². The van der Waals surface area contributed by atoms with Crippen molar-refractivity contribution in [2.45, 2.75) is 33.0 Å². The fourth-order valence-corrected chi connectivity index (χ4v) is 3.34. The van der Waals surface area contributed by atoms with Crippen molar-refractivity contribution in [3.63, 3.8) is 0 Å². The molecule has 1 amide bonds. The minimum absolute atomic E-state index is 0.0310. The molecule has 0 saturated heterocycles. The molecule has 2 atom stereocenters. The van der Waals surface area contributed by atoms with Gasteiger partial charge in [-0.2, -0.15) is 0 Å². The van der Waals surface area contributed by atoms with E-state index in [0.717, 1.165) is 16.8 Å². The van der Waals surface area contributed by atoms with Crippen LogP contribution in [0.1, 0.15) is 35.3 Å². The van der Waals surface area contributed by atoms with Crippen LogP contribution in [-0.4, -0.2) is 15.8 Å². The average Bonchev–Trinajstić information content (AvgIpc) is 2.73. The molecule has 1 heterocycles. The zero-order valence-electron chi connectivity index (χ0n) is 16.5. The lowest BCUT2D eigenvalue weighted by molar-refractivity contribution is -0.137.